The molecule has 1 aromatic carbocycles. The van der Waals surface area contributed by atoms with Crippen molar-refractivity contribution < 1.29 is 4.79 Å². The minimum atomic E-state index is -0.400. The SMILES string of the molecule is Cc1ccc(N/C=C(/C#N)C(=O)NCCc2ccccc2)nc1. The number of amides is 1. The number of nitrogens with one attached hydrogen (secondary N) is 2. The van der Waals surface area contributed by atoms with Crippen LogP contribution in [0.15, 0.2) is 60.4 Å². The first-order chi connectivity index (χ1) is 11.2. The average Bonchev–Trinajstić information content (AvgIpc) is 2.58. The summed E-state index contributed by atoms with van der Waals surface area (Å²) < 4.78 is 0. The fourth-order valence-corrected chi connectivity index (χ4v) is 1.91. The fraction of sp³-hybridized carbons (Fsp3) is 0.167. The van der Waals surface area contributed by atoms with Crippen molar-refractivity contribution in [3.63, 3.8) is 0 Å². The number of hydrogen-bond acceptors (Lipinski definition) is 4. The third kappa shape index (κ3) is 5.29. The molecule has 0 bridgehead atoms. The zero-order valence-corrected chi connectivity index (χ0v) is 12.9. The van der Waals surface area contributed by atoms with Crippen LogP contribution in [0.4, 0.5) is 5.82 Å². The van der Waals surface area contributed by atoms with Crippen LogP contribution in [0.1, 0.15) is 11.1 Å². The maximum Gasteiger partial charge on any atom is 0.263 e. The lowest BCUT2D eigenvalue weighted by Gasteiger charge is -2.05. The van der Waals surface area contributed by atoms with Crippen LogP contribution in [0.25, 0.3) is 0 Å². The summed E-state index contributed by atoms with van der Waals surface area (Å²) in [6, 6.07) is 15.4. The Hall–Kier alpha value is -3.13. The van der Waals surface area contributed by atoms with Crippen LogP contribution in [0, 0.1) is 18.3 Å². The lowest BCUT2D eigenvalue weighted by Crippen LogP contribution is -2.27. The molecule has 0 aliphatic rings. The molecular weight excluding hydrogens is 288 g/mol. The summed E-state index contributed by atoms with van der Waals surface area (Å²) in [7, 11) is 0. The van der Waals surface area contributed by atoms with Gasteiger partial charge in [-0.25, -0.2) is 4.98 Å². The van der Waals surface area contributed by atoms with Crippen LogP contribution in [0.3, 0.4) is 0 Å². The van der Waals surface area contributed by atoms with E-state index in [0.717, 1.165) is 17.5 Å². The predicted octanol–water partition coefficient (Wildman–Crippen LogP) is 2.57. The second-order valence-corrected chi connectivity index (χ2v) is 5.03. The standard InChI is InChI=1S/C18H18N4O/c1-14-7-8-17(21-12-14)22-13-16(11-19)18(23)20-10-9-15-5-3-2-4-6-15/h2-8,12-13H,9-10H2,1H3,(H,20,23)(H,21,22)/b16-13-. The normalized spacial score (nSPS) is 10.7. The summed E-state index contributed by atoms with van der Waals surface area (Å²) in [5.41, 5.74) is 2.19. The summed E-state index contributed by atoms with van der Waals surface area (Å²) in [5, 5.41) is 14.7. The third-order valence-electron chi connectivity index (χ3n) is 3.18. The number of aromatic nitrogens is 1. The Balaban J connectivity index is 1.86. The Kier molecular flexibility index (Phi) is 5.89. The first kappa shape index (κ1) is 16.2. The van der Waals surface area contributed by atoms with E-state index in [4.69, 9.17) is 5.26 Å². The maximum absolute atomic E-state index is 12.0. The van der Waals surface area contributed by atoms with Crippen LogP contribution in [0.2, 0.25) is 0 Å². The van der Waals surface area contributed by atoms with E-state index in [9.17, 15) is 4.79 Å². The summed E-state index contributed by atoms with van der Waals surface area (Å²) in [5.74, 6) is 0.184. The van der Waals surface area contributed by atoms with Gasteiger partial charge in [-0.1, -0.05) is 36.4 Å². The molecule has 0 spiro atoms. The number of rotatable bonds is 6. The van der Waals surface area contributed by atoms with Crippen LogP contribution >= 0.6 is 0 Å². The van der Waals surface area contributed by atoms with E-state index in [0.29, 0.717) is 12.4 Å². The van der Waals surface area contributed by atoms with Crippen molar-refractivity contribution in [2.24, 2.45) is 0 Å². The van der Waals surface area contributed by atoms with Crippen molar-refractivity contribution in [1.29, 1.82) is 5.26 Å². The van der Waals surface area contributed by atoms with Gasteiger partial charge in [0.25, 0.3) is 5.91 Å². The van der Waals surface area contributed by atoms with Gasteiger partial charge >= 0.3 is 0 Å². The van der Waals surface area contributed by atoms with Crippen molar-refractivity contribution in [1.82, 2.24) is 10.3 Å². The van der Waals surface area contributed by atoms with Crippen molar-refractivity contribution >= 4 is 11.7 Å². The molecule has 5 heteroatoms. The van der Waals surface area contributed by atoms with Crippen LogP contribution < -0.4 is 10.6 Å². The zero-order chi connectivity index (χ0) is 16.5. The minimum Gasteiger partial charge on any atom is -0.351 e. The average molecular weight is 306 g/mol. The molecule has 0 aliphatic heterocycles. The molecule has 23 heavy (non-hydrogen) atoms. The third-order valence-corrected chi connectivity index (χ3v) is 3.18. The topological polar surface area (TPSA) is 77.8 Å². The van der Waals surface area contributed by atoms with E-state index in [-0.39, 0.29) is 5.57 Å². The monoisotopic (exact) mass is 306 g/mol. The molecule has 0 atom stereocenters. The number of benzene rings is 1. The van der Waals surface area contributed by atoms with Crippen LogP contribution in [0.5, 0.6) is 0 Å². The second-order valence-electron chi connectivity index (χ2n) is 5.03. The van der Waals surface area contributed by atoms with Gasteiger partial charge in [0.15, 0.2) is 0 Å². The van der Waals surface area contributed by atoms with Gasteiger partial charge in [0, 0.05) is 18.9 Å². The Bertz CT molecular complexity index is 715. The molecule has 0 saturated heterocycles. The summed E-state index contributed by atoms with van der Waals surface area (Å²) >= 11 is 0. The first-order valence-corrected chi connectivity index (χ1v) is 7.30. The van der Waals surface area contributed by atoms with Crippen LogP contribution in [-0.4, -0.2) is 17.4 Å². The number of nitriles is 1. The summed E-state index contributed by atoms with van der Waals surface area (Å²) in [6.07, 6.45) is 3.80. The molecule has 2 N–H and O–H groups in total. The molecule has 2 aromatic rings. The van der Waals surface area contributed by atoms with E-state index in [2.05, 4.69) is 15.6 Å². The highest BCUT2D eigenvalue weighted by molar-refractivity contribution is 5.97. The first-order valence-electron chi connectivity index (χ1n) is 7.30. The summed E-state index contributed by atoms with van der Waals surface area (Å²) in [6.45, 7) is 2.41. The van der Waals surface area contributed by atoms with Gasteiger partial charge in [-0.3, -0.25) is 4.79 Å². The van der Waals surface area contributed by atoms with E-state index < -0.39 is 5.91 Å². The molecule has 0 unspecified atom stereocenters. The van der Waals surface area contributed by atoms with Gasteiger partial charge < -0.3 is 10.6 Å². The Morgan fingerprint density at radius 2 is 2.04 bits per heavy atom. The number of aryl methyl sites for hydroxylation is 1. The molecule has 1 heterocycles. The molecule has 0 aliphatic carbocycles. The minimum absolute atomic E-state index is 0.0143. The zero-order valence-electron chi connectivity index (χ0n) is 12.9. The second kappa shape index (κ2) is 8.35. The number of nitrogens with zero attached hydrogens (tertiary/aromatic N) is 2. The van der Waals surface area contributed by atoms with Crippen molar-refractivity contribution in [3.8, 4) is 6.07 Å². The van der Waals surface area contributed by atoms with Crippen molar-refractivity contribution in [3.05, 3.63) is 71.6 Å². The number of pyridine rings is 1. The van der Waals surface area contributed by atoms with Crippen molar-refractivity contribution in [2.75, 3.05) is 11.9 Å². The van der Waals surface area contributed by atoms with Crippen LogP contribution in [-0.2, 0) is 11.2 Å². The maximum atomic E-state index is 12.0. The van der Waals surface area contributed by atoms with Gasteiger partial charge in [0.05, 0.1) is 0 Å². The highest BCUT2D eigenvalue weighted by atomic mass is 16.1. The lowest BCUT2D eigenvalue weighted by molar-refractivity contribution is -0.117. The molecule has 5 nitrogen and oxygen atoms in total. The molecule has 116 valence electrons. The molecule has 0 saturated carbocycles. The Morgan fingerprint density at radius 1 is 1.26 bits per heavy atom. The van der Waals surface area contributed by atoms with Gasteiger partial charge in [0.2, 0.25) is 0 Å². The number of hydrogen-bond donors (Lipinski definition) is 2. The summed E-state index contributed by atoms with van der Waals surface area (Å²) in [4.78, 5) is 16.1. The molecular formula is C18H18N4O. The fourth-order valence-electron chi connectivity index (χ4n) is 1.91. The Morgan fingerprint density at radius 3 is 2.70 bits per heavy atom. The van der Waals surface area contributed by atoms with E-state index in [1.54, 1.807) is 12.3 Å². The van der Waals surface area contributed by atoms with E-state index in [1.807, 2.05) is 49.4 Å². The van der Waals surface area contributed by atoms with E-state index >= 15 is 0 Å². The van der Waals surface area contributed by atoms with Gasteiger partial charge in [-0.15, -0.1) is 0 Å². The predicted molar refractivity (Wildman–Crippen MR) is 89.4 cm³/mol. The van der Waals surface area contributed by atoms with Gasteiger partial charge in [0.1, 0.15) is 17.5 Å². The molecule has 2 rings (SSSR count). The quantitative estimate of drug-likeness (QED) is 0.635. The van der Waals surface area contributed by atoms with E-state index in [1.165, 1.54) is 6.20 Å². The largest absolute Gasteiger partial charge is 0.351 e. The number of carbonyl (C=O) groups is 1. The highest BCUT2D eigenvalue weighted by Crippen LogP contribution is 2.05. The molecule has 1 aromatic heterocycles. The highest BCUT2D eigenvalue weighted by Gasteiger charge is 2.08. The Labute approximate surface area is 135 Å². The molecule has 0 radical (unpaired) electrons. The van der Waals surface area contributed by atoms with Gasteiger partial charge in [-0.2, -0.15) is 5.26 Å². The molecule has 1 amide bonds. The molecule has 0 fully saturated rings. The van der Waals surface area contributed by atoms with Gasteiger partial charge in [-0.05, 0) is 30.5 Å². The lowest BCUT2D eigenvalue weighted by atomic mass is 10.1. The number of anilines is 1. The number of carbonyl (C=O) groups excluding carboxylic acids is 1. The smallest absolute Gasteiger partial charge is 0.263 e. The van der Waals surface area contributed by atoms with Crippen molar-refractivity contribution in [2.45, 2.75) is 13.3 Å².